The third-order valence-corrected chi connectivity index (χ3v) is 12.8. The molecule has 0 spiro atoms. The number of likely N-dealkylation sites (tertiary alicyclic amines) is 1. The van der Waals surface area contributed by atoms with Crippen LogP contribution in [0.3, 0.4) is 0 Å². The van der Waals surface area contributed by atoms with Crippen LogP contribution in [0.2, 0.25) is 0 Å². The molecule has 40 heavy (non-hydrogen) atoms. The summed E-state index contributed by atoms with van der Waals surface area (Å²) in [4.78, 5) is 11.4. The molecule has 4 aliphatic carbocycles. The highest BCUT2D eigenvalue weighted by molar-refractivity contribution is 5.60. The van der Waals surface area contributed by atoms with Crippen LogP contribution in [0, 0.1) is 34.5 Å². The lowest BCUT2D eigenvalue weighted by Gasteiger charge is -2.62. The van der Waals surface area contributed by atoms with E-state index < -0.39 is 5.97 Å². The van der Waals surface area contributed by atoms with Gasteiger partial charge in [-0.3, -0.25) is 4.90 Å². The zero-order valence-corrected chi connectivity index (χ0v) is 26.7. The predicted octanol–water partition coefficient (Wildman–Crippen LogP) is -0.403. The molecule has 2 saturated heterocycles. The molecule has 0 radical (unpaired) electrons. The summed E-state index contributed by atoms with van der Waals surface area (Å²) in [6.45, 7) is 17.2. The molecule has 230 valence electrons. The van der Waals surface area contributed by atoms with Crippen molar-refractivity contribution in [3.8, 4) is 0 Å². The Hall–Kier alpha value is -0.510. The topological polar surface area (TPSA) is 93.1 Å². The number of halogens is 1. The summed E-state index contributed by atoms with van der Waals surface area (Å²) >= 11 is 0. The molecule has 2 N–H and O–H groups in total. The average Bonchev–Trinajstić information content (AvgIpc) is 3.47. The summed E-state index contributed by atoms with van der Waals surface area (Å²) in [5.41, 5.74) is 0.387. The molecular weight excluding hydrogens is 572 g/mol. The van der Waals surface area contributed by atoms with Crippen molar-refractivity contribution in [1.29, 1.82) is 0 Å². The SMILES string of the molecule is C=CC[N+]1([C@H]2C[C@H]3[C@@H]4CC[C@H]5C[C@H](O)[C@@H](N6CCOCC6)C[C@]5(C)[C@H]4CC[C@]3(C)[C@H]2O)CCCC1.CC(=O)[O-].[Br-]. The summed E-state index contributed by atoms with van der Waals surface area (Å²) in [5.74, 6) is 1.70. The largest absolute Gasteiger partial charge is 1.00 e. The van der Waals surface area contributed by atoms with Crippen molar-refractivity contribution in [2.24, 2.45) is 34.5 Å². The molecule has 2 aliphatic heterocycles. The number of hydrogen-bond donors (Lipinski definition) is 2. The first kappa shape index (κ1) is 32.4. The van der Waals surface area contributed by atoms with Crippen molar-refractivity contribution in [2.75, 3.05) is 45.9 Å². The van der Waals surface area contributed by atoms with E-state index in [1.165, 1.54) is 58.0 Å². The number of aliphatic hydroxyl groups excluding tert-OH is 2. The van der Waals surface area contributed by atoms with Crippen LogP contribution in [0.15, 0.2) is 12.7 Å². The number of carbonyl (C=O) groups excluding carboxylic acids is 1. The van der Waals surface area contributed by atoms with Gasteiger partial charge in [0.1, 0.15) is 12.1 Å². The summed E-state index contributed by atoms with van der Waals surface area (Å²) < 4.78 is 6.73. The lowest BCUT2D eigenvalue weighted by Crippen LogP contribution is -3.00. The van der Waals surface area contributed by atoms with Crippen molar-refractivity contribution >= 4 is 5.97 Å². The van der Waals surface area contributed by atoms with Gasteiger partial charge in [-0.15, -0.1) is 0 Å². The number of quaternary nitrogens is 1. The Morgan fingerprint density at radius 1 is 1.07 bits per heavy atom. The number of aliphatic hydroxyl groups is 2. The van der Waals surface area contributed by atoms with Gasteiger partial charge in [0, 0.05) is 49.8 Å². The molecule has 6 rings (SSSR count). The maximum absolute atomic E-state index is 11.9. The number of morpholine rings is 1. The van der Waals surface area contributed by atoms with Gasteiger partial charge in [0.25, 0.3) is 0 Å². The number of ether oxygens (including phenoxy) is 1. The number of fused-ring (bicyclic) bond motifs is 5. The normalized spacial score (nSPS) is 46.0. The minimum Gasteiger partial charge on any atom is -1.00 e. The molecule has 2 heterocycles. The van der Waals surface area contributed by atoms with Crippen LogP contribution in [0.1, 0.15) is 78.6 Å². The number of rotatable bonds is 4. The van der Waals surface area contributed by atoms with Gasteiger partial charge in [0.15, 0.2) is 0 Å². The van der Waals surface area contributed by atoms with Crippen LogP contribution >= 0.6 is 0 Å². The summed E-state index contributed by atoms with van der Waals surface area (Å²) in [7, 11) is 0. The molecule has 0 aromatic rings. The molecule has 7 nitrogen and oxygen atoms in total. The Kier molecular flexibility index (Phi) is 10.2. The lowest BCUT2D eigenvalue weighted by molar-refractivity contribution is -0.938. The highest BCUT2D eigenvalue weighted by atomic mass is 79.9. The molecule has 0 amide bonds. The number of carboxylic acid groups (broad SMARTS) is 1. The van der Waals surface area contributed by atoms with Crippen LogP contribution in [0.25, 0.3) is 0 Å². The van der Waals surface area contributed by atoms with Gasteiger partial charge in [0.2, 0.25) is 0 Å². The van der Waals surface area contributed by atoms with E-state index in [1.807, 2.05) is 0 Å². The predicted molar refractivity (Wildman–Crippen MR) is 149 cm³/mol. The number of nitrogens with zero attached hydrogens (tertiary/aromatic N) is 2. The molecule has 0 aromatic carbocycles. The Bertz CT molecular complexity index is 889. The van der Waals surface area contributed by atoms with E-state index in [0.717, 1.165) is 68.9 Å². The first-order valence-corrected chi connectivity index (χ1v) is 15.9. The van der Waals surface area contributed by atoms with E-state index in [0.29, 0.717) is 29.3 Å². The van der Waals surface area contributed by atoms with E-state index in [4.69, 9.17) is 14.6 Å². The standard InChI is InChI=1S/C30H51N2O3.C2H4O2.BrH/c1-4-13-32(14-5-6-15-32)26-19-24-22-8-7-21-18-27(33)25(31-11-16-35-17-12-31)20-30(21,3)23(22)9-10-29(24,2)28(26)34;1-2(3)4;/h4,21-28,33-34H,1,5-20H2,2-3H3;1H3,(H,3,4);1H/q+1;;/p-2/t21-,22+,23-,24-,25-,26-,27-,28-,29-,30-;;/m0../s1. The maximum atomic E-state index is 11.9. The first-order chi connectivity index (χ1) is 18.6. The van der Waals surface area contributed by atoms with Crippen LogP contribution in [0.5, 0.6) is 0 Å². The van der Waals surface area contributed by atoms with Crippen molar-refractivity contribution < 1.29 is 46.3 Å². The number of carboxylic acids is 1. The third-order valence-electron chi connectivity index (χ3n) is 12.8. The van der Waals surface area contributed by atoms with Crippen molar-refractivity contribution in [3.63, 3.8) is 0 Å². The second kappa shape index (κ2) is 12.6. The summed E-state index contributed by atoms with van der Waals surface area (Å²) in [6.07, 6.45) is 12.7. The van der Waals surface area contributed by atoms with Gasteiger partial charge in [-0.2, -0.15) is 0 Å². The number of hydrogen-bond acceptors (Lipinski definition) is 6. The lowest BCUT2D eigenvalue weighted by atomic mass is 9.44. The molecule has 6 aliphatic rings. The van der Waals surface area contributed by atoms with Gasteiger partial charge in [-0.25, -0.2) is 0 Å². The molecule has 0 unspecified atom stereocenters. The maximum Gasteiger partial charge on any atom is 0.116 e. The van der Waals surface area contributed by atoms with Crippen LogP contribution < -0.4 is 22.1 Å². The molecular formula is C32H54BrN2O5-. The molecule has 0 bridgehead atoms. The van der Waals surface area contributed by atoms with E-state index in [2.05, 4.69) is 31.4 Å². The average molecular weight is 627 g/mol. The highest BCUT2D eigenvalue weighted by Crippen LogP contribution is 2.67. The van der Waals surface area contributed by atoms with Gasteiger partial charge in [0.05, 0.1) is 39.0 Å². The fourth-order valence-corrected chi connectivity index (χ4v) is 10.9. The van der Waals surface area contributed by atoms with Gasteiger partial charge < -0.3 is 46.3 Å². The van der Waals surface area contributed by atoms with Gasteiger partial charge in [-0.05, 0) is 80.6 Å². The Balaban J connectivity index is 0.000000695. The Morgan fingerprint density at radius 3 is 2.35 bits per heavy atom. The minimum atomic E-state index is -1.08. The second-order valence-electron chi connectivity index (χ2n) is 14.5. The number of aliphatic carboxylic acids is 1. The van der Waals surface area contributed by atoms with Crippen LogP contribution in [0.4, 0.5) is 0 Å². The van der Waals surface area contributed by atoms with E-state index in [9.17, 15) is 10.2 Å². The van der Waals surface area contributed by atoms with Crippen molar-refractivity contribution in [2.45, 2.75) is 103 Å². The number of carbonyl (C=O) groups is 1. The Labute approximate surface area is 252 Å². The van der Waals surface area contributed by atoms with Crippen LogP contribution in [-0.2, 0) is 9.53 Å². The smallest absolute Gasteiger partial charge is 0.116 e. The first-order valence-electron chi connectivity index (χ1n) is 15.9. The molecule has 0 aromatic heterocycles. The quantitative estimate of drug-likeness (QED) is 0.326. The zero-order chi connectivity index (χ0) is 28.0. The molecule has 8 heteroatoms. The van der Waals surface area contributed by atoms with Crippen molar-refractivity contribution in [3.05, 3.63) is 12.7 Å². The van der Waals surface area contributed by atoms with Crippen LogP contribution in [-0.4, -0.2) is 95.8 Å². The fourth-order valence-electron chi connectivity index (χ4n) is 10.9. The third kappa shape index (κ3) is 5.59. The fraction of sp³-hybridized carbons (Fsp3) is 0.906. The Morgan fingerprint density at radius 2 is 1.73 bits per heavy atom. The molecule has 4 saturated carbocycles. The van der Waals surface area contributed by atoms with Gasteiger partial charge >= 0.3 is 0 Å². The highest BCUT2D eigenvalue weighted by Gasteiger charge is 2.66. The summed E-state index contributed by atoms with van der Waals surface area (Å²) in [5, 5.41) is 32.0. The molecule has 10 atom stereocenters. The summed E-state index contributed by atoms with van der Waals surface area (Å²) in [6, 6.07) is 0.684. The monoisotopic (exact) mass is 625 g/mol. The minimum absolute atomic E-state index is 0. The van der Waals surface area contributed by atoms with E-state index >= 15 is 0 Å². The van der Waals surface area contributed by atoms with E-state index in [-0.39, 0.29) is 34.6 Å². The van der Waals surface area contributed by atoms with E-state index in [1.54, 1.807) is 0 Å². The van der Waals surface area contributed by atoms with Gasteiger partial charge in [-0.1, -0.05) is 20.4 Å². The molecule has 6 fully saturated rings. The van der Waals surface area contributed by atoms with Crippen molar-refractivity contribution in [1.82, 2.24) is 4.90 Å². The zero-order valence-electron chi connectivity index (χ0n) is 25.1. The second-order valence-corrected chi connectivity index (χ2v) is 14.5.